The summed E-state index contributed by atoms with van der Waals surface area (Å²) in [6.45, 7) is 2.89. The number of benzene rings is 1. The van der Waals surface area contributed by atoms with E-state index >= 15 is 0 Å². The lowest BCUT2D eigenvalue weighted by Crippen LogP contribution is -2.12. The third-order valence-electron chi connectivity index (χ3n) is 2.43. The number of nitrogens with zero attached hydrogens (tertiary/aromatic N) is 1. The summed E-state index contributed by atoms with van der Waals surface area (Å²) in [5.41, 5.74) is 1.62. The first-order chi connectivity index (χ1) is 8.79. The molecule has 2 N–H and O–H groups in total. The van der Waals surface area contributed by atoms with Gasteiger partial charge in [0.2, 0.25) is 0 Å². The Morgan fingerprint density at radius 2 is 1.94 bits per heavy atom. The van der Waals surface area contributed by atoms with Crippen molar-refractivity contribution >= 4 is 17.4 Å². The van der Waals surface area contributed by atoms with Crippen LogP contribution in [0.25, 0.3) is 0 Å². The Labute approximate surface area is 106 Å². The highest BCUT2D eigenvalue weighted by molar-refractivity contribution is 6.03. The highest BCUT2D eigenvalue weighted by atomic mass is 16.1. The molecule has 0 aliphatic rings. The van der Waals surface area contributed by atoms with E-state index in [9.17, 15) is 4.79 Å². The van der Waals surface area contributed by atoms with Gasteiger partial charge in [-0.2, -0.15) is 0 Å². The van der Waals surface area contributed by atoms with Gasteiger partial charge < -0.3 is 10.6 Å². The van der Waals surface area contributed by atoms with Crippen molar-refractivity contribution in [1.82, 2.24) is 4.98 Å². The van der Waals surface area contributed by atoms with Crippen molar-refractivity contribution in [3.63, 3.8) is 0 Å². The van der Waals surface area contributed by atoms with Crippen LogP contribution in [0.15, 0.2) is 48.7 Å². The molecule has 0 saturated heterocycles. The summed E-state index contributed by atoms with van der Waals surface area (Å²) in [6.07, 6.45) is 1.64. The number of amides is 1. The maximum atomic E-state index is 11.9. The van der Waals surface area contributed by atoms with E-state index < -0.39 is 0 Å². The van der Waals surface area contributed by atoms with Crippen molar-refractivity contribution in [2.24, 2.45) is 0 Å². The van der Waals surface area contributed by atoms with Crippen molar-refractivity contribution in [3.8, 4) is 0 Å². The largest absolute Gasteiger partial charge is 0.385 e. The maximum Gasteiger partial charge on any atom is 0.256 e. The Morgan fingerprint density at radius 3 is 2.56 bits per heavy atom. The Balaban J connectivity index is 2.05. The first-order valence-corrected chi connectivity index (χ1v) is 5.86. The van der Waals surface area contributed by atoms with Crippen LogP contribution in [0, 0.1) is 0 Å². The number of pyridine rings is 1. The monoisotopic (exact) mass is 241 g/mol. The maximum absolute atomic E-state index is 11.9. The minimum absolute atomic E-state index is 0.156. The summed E-state index contributed by atoms with van der Waals surface area (Å²) in [5, 5.41) is 5.92. The fourth-order valence-electron chi connectivity index (χ4n) is 1.57. The summed E-state index contributed by atoms with van der Waals surface area (Å²) >= 11 is 0. The predicted molar refractivity (Wildman–Crippen MR) is 72.8 cm³/mol. The van der Waals surface area contributed by atoms with E-state index in [0.29, 0.717) is 11.4 Å². The van der Waals surface area contributed by atoms with Crippen LogP contribution in [-0.2, 0) is 0 Å². The molecular weight excluding hydrogens is 226 g/mol. The van der Waals surface area contributed by atoms with Crippen LogP contribution in [0.5, 0.6) is 0 Å². The van der Waals surface area contributed by atoms with Crippen molar-refractivity contribution in [3.05, 3.63) is 54.2 Å². The molecule has 0 fully saturated rings. The molecule has 1 aromatic heterocycles. The Morgan fingerprint density at radius 1 is 1.17 bits per heavy atom. The molecule has 1 heterocycles. The second-order valence-electron chi connectivity index (χ2n) is 3.78. The zero-order valence-corrected chi connectivity index (χ0v) is 10.2. The van der Waals surface area contributed by atoms with Gasteiger partial charge in [-0.15, -0.1) is 0 Å². The Hall–Kier alpha value is -2.36. The van der Waals surface area contributed by atoms with Gasteiger partial charge in [-0.1, -0.05) is 6.07 Å². The van der Waals surface area contributed by atoms with Crippen molar-refractivity contribution in [2.45, 2.75) is 6.92 Å². The summed E-state index contributed by atoms with van der Waals surface area (Å²) in [4.78, 5) is 16.0. The van der Waals surface area contributed by atoms with Gasteiger partial charge >= 0.3 is 0 Å². The minimum atomic E-state index is -0.156. The van der Waals surface area contributed by atoms with Crippen molar-refractivity contribution in [2.75, 3.05) is 17.2 Å². The summed E-state index contributed by atoms with van der Waals surface area (Å²) in [7, 11) is 0. The first-order valence-electron chi connectivity index (χ1n) is 5.86. The zero-order valence-electron chi connectivity index (χ0n) is 10.2. The van der Waals surface area contributed by atoms with E-state index in [-0.39, 0.29) is 5.91 Å². The molecule has 0 bridgehead atoms. The minimum Gasteiger partial charge on any atom is -0.385 e. The van der Waals surface area contributed by atoms with Gasteiger partial charge in [-0.3, -0.25) is 4.79 Å². The molecule has 0 atom stereocenters. The van der Waals surface area contributed by atoms with E-state index in [1.165, 1.54) is 0 Å². The van der Waals surface area contributed by atoms with Crippen molar-refractivity contribution < 1.29 is 4.79 Å². The molecule has 1 aromatic carbocycles. The van der Waals surface area contributed by atoms with Crippen molar-refractivity contribution in [1.29, 1.82) is 0 Å². The molecule has 0 spiro atoms. The second-order valence-corrected chi connectivity index (χ2v) is 3.78. The summed E-state index contributed by atoms with van der Waals surface area (Å²) < 4.78 is 0. The first kappa shape index (κ1) is 12.1. The normalized spacial score (nSPS) is 9.83. The zero-order chi connectivity index (χ0) is 12.8. The lowest BCUT2D eigenvalue weighted by atomic mass is 10.2. The van der Waals surface area contributed by atoms with E-state index in [2.05, 4.69) is 15.6 Å². The predicted octanol–water partition coefficient (Wildman–Crippen LogP) is 2.77. The van der Waals surface area contributed by atoms with E-state index in [4.69, 9.17) is 0 Å². The van der Waals surface area contributed by atoms with Crippen LogP contribution >= 0.6 is 0 Å². The van der Waals surface area contributed by atoms with Gasteiger partial charge in [0.25, 0.3) is 5.91 Å². The van der Waals surface area contributed by atoms with E-state index in [1.807, 2.05) is 25.1 Å². The number of carbonyl (C=O) groups excluding carboxylic acids is 1. The molecule has 0 radical (unpaired) electrons. The van der Waals surface area contributed by atoms with Gasteiger partial charge in [0.05, 0.1) is 0 Å². The molecule has 0 aliphatic heterocycles. The van der Waals surface area contributed by atoms with Crippen LogP contribution in [0.4, 0.5) is 11.5 Å². The molecule has 92 valence electrons. The number of hydrogen-bond donors (Lipinski definition) is 2. The van der Waals surface area contributed by atoms with Crippen LogP contribution in [0.1, 0.15) is 17.3 Å². The van der Waals surface area contributed by atoms with E-state index in [0.717, 1.165) is 12.2 Å². The number of nitrogens with one attached hydrogen (secondary N) is 2. The third kappa shape index (κ3) is 3.07. The van der Waals surface area contributed by atoms with Crippen LogP contribution in [-0.4, -0.2) is 17.4 Å². The fraction of sp³-hybridized carbons (Fsp3) is 0.143. The lowest BCUT2D eigenvalue weighted by Gasteiger charge is -2.06. The van der Waals surface area contributed by atoms with Gasteiger partial charge in [-0.05, 0) is 43.3 Å². The van der Waals surface area contributed by atoms with Crippen LogP contribution in [0.3, 0.4) is 0 Å². The second kappa shape index (κ2) is 5.82. The SMILES string of the molecule is CCNc1ccc(C(=O)Nc2ccccn2)cc1. The van der Waals surface area contributed by atoms with Gasteiger partial charge in [0.15, 0.2) is 0 Å². The molecule has 2 rings (SSSR count). The molecule has 0 unspecified atom stereocenters. The highest BCUT2D eigenvalue weighted by Gasteiger charge is 2.05. The number of carbonyl (C=O) groups is 1. The van der Waals surface area contributed by atoms with Crippen LogP contribution in [0.2, 0.25) is 0 Å². The third-order valence-corrected chi connectivity index (χ3v) is 2.43. The molecule has 18 heavy (non-hydrogen) atoms. The number of hydrogen-bond acceptors (Lipinski definition) is 3. The Kier molecular flexibility index (Phi) is 3.91. The number of aromatic nitrogens is 1. The molecule has 1 amide bonds. The lowest BCUT2D eigenvalue weighted by molar-refractivity contribution is 0.102. The highest BCUT2D eigenvalue weighted by Crippen LogP contribution is 2.11. The van der Waals surface area contributed by atoms with Gasteiger partial charge in [-0.25, -0.2) is 4.98 Å². The van der Waals surface area contributed by atoms with Crippen LogP contribution < -0.4 is 10.6 Å². The molecule has 2 aromatic rings. The van der Waals surface area contributed by atoms with E-state index in [1.54, 1.807) is 30.5 Å². The fourth-order valence-corrected chi connectivity index (χ4v) is 1.57. The average molecular weight is 241 g/mol. The standard InChI is InChI=1S/C14H15N3O/c1-2-15-12-8-6-11(7-9-12)14(18)17-13-5-3-4-10-16-13/h3-10,15H,2H2,1H3,(H,16,17,18). The quantitative estimate of drug-likeness (QED) is 0.865. The summed E-state index contributed by atoms with van der Waals surface area (Å²) in [6, 6.07) is 12.7. The summed E-state index contributed by atoms with van der Waals surface area (Å²) in [5.74, 6) is 0.398. The molecular formula is C14H15N3O. The average Bonchev–Trinajstić information content (AvgIpc) is 2.41. The molecule has 0 saturated carbocycles. The number of anilines is 2. The number of rotatable bonds is 4. The topological polar surface area (TPSA) is 54.0 Å². The molecule has 0 aliphatic carbocycles. The smallest absolute Gasteiger partial charge is 0.256 e. The van der Waals surface area contributed by atoms with Gasteiger partial charge in [0, 0.05) is 24.0 Å². The molecule has 4 nitrogen and oxygen atoms in total. The van der Waals surface area contributed by atoms with Gasteiger partial charge in [0.1, 0.15) is 5.82 Å². The molecule has 4 heteroatoms. The Bertz CT molecular complexity index is 508.